The molecule has 0 aliphatic heterocycles. The molecule has 2 nitrogen and oxygen atoms in total. The Labute approximate surface area is 103 Å². The van der Waals surface area contributed by atoms with Crippen LogP contribution >= 0.6 is 12.4 Å². The van der Waals surface area contributed by atoms with Crippen molar-refractivity contribution in [1.29, 1.82) is 0 Å². The second-order valence-electron chi connectivity index (χ2n) is 4.77. The van der Waals surface area contributed by atoms with E-state index in [1.54, 1.807) is 0 Å². The largest absolute Gasteiger partial charge is 0.391 e. The van der Waals surface area contributed by atoms with Gasteiger partial charge < -0.3 is 10.8 Å². The van der Waals surface area contributed by atoms with Gasteiger partial charge in [0, 0.05) is 0 Å². The predicted molar refractivity (Wildman–Crippen MR) is 68.8 cm³/mol. The molecular weight excluding hydrogens is 222 g/mol. The number of aliphatic hydroxyl groups is 1. The fourth-order valence-corrected chi connectivity index (χ4v) is 2.13. The van der Waals surface area contributed by atoms with E-state index in [4.69, 9.17) is 5.73 Å². The molecule has 0 heterocycles. The van der Waals surface area contributed by atoms with Crippen LogP contribution in [0.5, 0.6) is 0 Å². The van der Waals surface area contributed by atoms with Crippen LogP contribution in [-0.2, 0) is 0 Å². The van der Waals surface area contributed by atoms with E-state index in [9.17, 15) is 5.11 Å². The lowest BCUT2D eigenvalue weighted by atomic mass is 9.96. The fourth-order valence-electron chi connectivity index (χ4n) is 2.13. The molecular formula is C13H20ClNO. The number of aliphatic hydroxyl groups excluding tert-OH is 1. The zero-order valence-corrected chi connectivity index (χ0v) is 10.6. The van der Waals surface area contributed by atoms with Gasteiger partial charge in [0.2, 0.25) is 0 Å². The van der Waals surface area contributed by atoms with Crippen molar-refractivity contribution >= 4 is 12.4 Å². The van der Waals surface area contributed by atoms with Gasteiger partial charge in [0.15, 0.2) is 0 Å². The lowest BCUT2D eigenvalue weighted by Crippen LogP contribution is -2.28. The minimum atomic E-state index is -0.369. The molecule has 90 valence electrons. The van der Waals surface area contributed by atoms with Crippen LogP contribution in [0.4, 0.5) is 0 Å². The predicted octanol–water partition coefficient (Wildman–Crippen LogP) is 2.50. The van der Waals surface area contributed by atoms with E-state index in [0.717, 1.165) is 18.4 Å². The SMILES string of the molecule is Cc1cc(C)cc([C@@H](N)[C@@H](O)C2CC2)c1.Cl. The van der Waals surface area contributed by atoms with Crippen molar-refractivity contribution in [2.75, 3.05) is 0 Å². The van der Waals surface area contributed by atoms with Crippen molar-refractivity contribution < 1.29 is 5.11 Å². The van der Waals surface area contributed by atoms with E-state index in [1.807, 2.05) is 0 Å². The highest BCUT2D eigenvalue weighted by atomic mass is 35.5. The van der Waals surface area contributed by atoms with Crippen molar-refractivity contribution in [3.8, 4) is 0 Å². The molecule has 0 bridgehead atoms. The molecule has 3 N–H and O–H groups in total. The second kappa shape index (κ2) is 5.17. The summed E-state index contributed by atoms with van der Waals surface area (Å²) < 4.78 is 0. The maximum atomic E-state index is 9.97. The van der Waals surface area contributed by atoms with Gasteiger partial charge in [0.05, 0.1) is 12.1 Å². The number of benzene rings is 1. The smallest absolute Gasteiger partial charge is 0.0760 e. The average molecular weight is 242 g/mol. The third-order valence-electron chi connectivity index (χ3n) is 3.10. The summed E-state index contributed by atoms with van der Waals surface area (Å²) in [5.74, 6) is 0.431. The van der Waals surface area contributed by atoms with Crippen LogP contribution in [-0.4, -0.2) is 11.2 Å². The summed E-state index contributed by atoms with van der Waals surface area (Å²) in [5, 5.41) is 9.97. The van der Waals surface area contributed by atoms with Crippen LogP contribution in [0.2, 0.25) is 0 Å². The van der Waals surface area contributed by atoms with E-state index in [1.165, 1.54) is 11.1 Å². The number of hydrogen-bond donors (Lipinski definition) is 2. The van der Waals surface area contributed by atoms with Gasteiger partial charge in [-0.15, -0.1) is 12.4 Å². The van der Waals surface area contributed by atoms with Gasteiger partial charge in [0.1, 0.15) is 0 Å². The molecule has 0 radical (unpaired) electrons. The molecule has 3 heteroatoms. The summed E-state index contributed by atoms with van der Waals surface area (Å²) in [4.78, 5) is 0. The standard InChI is InChI=1S/C13H19NO.ClH/c1-8-5-9(2)7-11(6-8)12(14)13(15)10-3-4-10;/h5-7,10,12-13,15H,3-4,14H2,1-2H3;1H/t12-,13+;/m1./s1. The van der Waals surface area contributed by atoms with Crippen molar-refractivity contribution in [1.82, 2.24) is 0 Å². The highest BCUT2D eigenvalue weighted by Crippen LogP contribution is 2.37. The third-order valence-corrected chi connectivity index (χ3v) is 3.10. The first kappa shape index (κ1) is 13.5. The van der Waals surface area contributed by atoms with Crippen LogP contribution in [0.3, 0.4) is 0 Å². The Bertz CT molecular complexity index is 343. The molecule has 1 aromatic carbocycles. The van der Waals surface area contributed by atoms with Gasteiger partial charge in [0.25, 0.3) is 0 Å². The molecule has 1 aliphatic carbocycles. The molecule has 0 spiro atoms. The van der Waals surface area contributed by atoms with Crippen LogP contribution < -0.4 is 5.73 Å². The van der Waals surface area contributed by atoms with Crippen LogP contribution in [0, 0.1) is 19.8 Å². The van der Waals surface area contributed by atoms with E-state index in [-0.39, 0.29) is 24.6 Å². The van der Waals surface area contributed by atoms with Crippen molar-refractivity contribution in [2.24, 2.45) is 11.7 Å². The molecule has 1 fully saturated rings. The van der Waals surface area contributed by atoms with Gasteiger partial charge in [-0.05, 0) is 38.2 Å². The Kier molecular flexibility index (Phi) is 4.36. The van der Waals surface area contributed by atoms with Gasteiger partial charge >= 0.3 is 0 Å². The number of halogens is 1. The third kappa shape index (κ3) is 2.97. The second-order valence-corrected chi connectivity index (χ2v) is 4.77. The van der Waals surface area contributed by atoms with Crippen LogP contribution in [0.15, 0.2) is 18.2 Å². The first-order valence-electron chi connectivity index (χ1n) is 5.60. The first-order chi connectivity index (χ1) is 7.08. The minimum Gasteiger partial charge on any atom is -0.391 e. The van der Waals surface area contributed by atoms with Gasteiger partial charge in [-0.2, -0.15) is 0 Å². The zero-order chi connectivity index (χ0) is 11.0. The molecule has 2 atom stereocenters. The number of aryl methyl sites for hydroxylation is 2. The lowest BCUT2D eigenvalue weighted by Gasteiger charge is -2.19. The van der Waals surface area contributed by atoms with E-state index < -0.39 is 0 Å². The van der Waals surface area contributed by atoms with Crippen LogP contribution in [0.1, 0.15) is 35.6 Å². The summed E-state index contributed by atoms with van der Waals surface area (Å²) in [5.41, 5.74) is 9.55. The van der Waals surface area contributed by atoms with Crippen molar-refractivity contribution in [3.05, 3.63) is 34.9 Å². The van der Waals surface area contributed by atoms with Gasteiger partial charge in [-0.1, -0.05) is 29.3 Å². The normalized spacial score (nSPS) is 18.8. The average Bonchev–Trinajstić information content (AvgIpc) is 2.97. The molecule has 1 aliphatic rings. The molecule has 2 rings (SSSR count). The van der Waals surface area contributed by atoms with E-state index >= 15 is 0 Å². The monoisotopic (exact) mass is 241 g/mol. The number of hydrogen-bond acceptors (Lipinski definition) is 2. The molecule has 0 aromatic heterocycles. The molecule has 0 amide bonds. The quantitative estimate of drug-likeness (QED) is 0.854. The summed E-state index contributed by atoms with van der Waals surface area (Å²) in [7, 11) is 0. The van der Waals surface area contributed by atoms with E-state index in [0.29, 0.717) is 5.92 Å². The minimum absolute atomic E-state index is 0. The molecule has 16 heavy (non-hydrogen) atoms. The molecule has 1 saturated carbocycles. The van der Waals surface area contributed by atoms with Gasteiger partial charge in [-0.25, -0.2) is 0 Å². The van der Waals surface area contributed by atoms with Crippen LogP contribution in [0.25, 0.3) is 0 Å². The Morgan fingerprint density at radius 3 is 2.12 bits per heavy atom. The molecule has 1 aromatic rings. The fraction of sp³-hybridized carbons (Fsp3) is 0.538. The Morgan fingerprint density at radius 1 is 1.19 bits per heavy atom. The number of nitrogens with two attached hydrogens (primary N) is 1. The zero-order valence-electron chi connectivity index (χ0n) is 9.81. The topological polar surface area (TPSA) is 46.2 Å². The lowest BCUT2D eigenvalue weighted by molar-refractivity contribution is 0.122. The Morgan fingerprint density at radius 2 is 1.69 bits per heavy atom. The van der Waals surface area contributed by atoms with Crippen molar-refractivity contribution in [3.63, 3.8) is 0 Å². The molecule has 0 unspecified atom stereocenters. The maximum Gasteiger partial charge on any atom is 0.0760 e. The summed E-state index contributed by atoms with van der Waals surface area (Å²) in [6.45, 7) is 4.12. The Hall–Kier alpha value is -0.570. The van der Waals surface area contributed by atoms with E-state index in [2.05, 4.69) is 32.0 Å². The maximum absolute atomic E-state index is 9.97. The highest BCUT2D eigenvalue weighted by molar-refractivity contribution is 5.85. The number of rotatable bonds is 3. The molecule has 0 saturated heterocycles. The van der Waals surface area contributed by atoms with Crippen molar-refractivity contribution in [2.45, 2.75) is 38.8 Å². The summed E-state index contributed by atoms with van der Waals surface area (Å²) in [6, 6.07) is 6.04. The summed E-state index contributed by atoms with van der Waals surface area (Å²) >= 11 is 0. The Balaban J connectivity index is 0.00000128. The van der Waals surface area contributed by atoms with Gasteiger partial charge in [-0.3, -0.25) is 0 Å². The highest BCUT2D eigenvalue weighted by Gasteiger charge is 2.34. The summed E-state index contributed by atoms with van der Waals surface area (Å²) in [6.07, 6.45) is 1.88. The first-order valence-corrected chi connectivity index (χ1v) is 5.60.